The van der Waals surface area contributed by atoms with Crippen molar-refractivity contribution in [1.82, 2.24) is 15.1 Å². The van der Waals surface area contributed by atoms with Gasteiger partial charge < -0.3 is 10.1 Å². The van der Waals surface area contributed by atoms with Crippen molar-refractivity contribution in [1.29, 1.82) is 0 Å². The van der Waals surface area contributed by atoms with Crippen molar-refractivity contribution in [2.75, 3.05) is 7.11 Å². The summed E-state index contributed by atoms with van der Waals surface area (Å²) in [5, 5.41) is 7.87. The van der Waals surface area contributed by atoms with Gasteiger partial charge in [0, 0.05) is 36.5 Å². The topological polar surface area (TPSA) is 39.1 Å². The van der Waals surface area contributed by atoms with E-state index in [1.165, 1.54) is 13.2 Å². The van der Waals surface area contributed by atoms with Crippen molar-refractivity contribution in [3.05, 3.63) is 35.8 Å². The number of aryl methyl sites for hydroxylation is 1. The third-order valence-corrected chi connectivity index (χ3v) is 3.14. The third kappa shape index (κ3) is 3.82. The summed E-state index contributed by atoms with van der Waals surface area (Å²) >= 11 is 0. The molecule has 0 unspecified atom stereocenters. The molecule has 5 heteroatoms. The van der Waals surface area contributed by atoms with Gasteiger partial charge in [0.25, 0.3) is 0 Å². The summed E-state index contributed by atoms with van der Waals surface area (Å²) in [5.41, 5.74) is 2.59. The quantitative estimate of drug-likeness (QED) is 0.940. The molecule has 1 heterocycles. The van der Waals surface area contributed by atoms with E-state index in [-0.39, 0.29) is 17.1 Å². The predicted octanol–water partition coefficient (Wildman–Crippen LogP) is 3.12. The maximum absolute atomic E-state index is 13.9. The van der Waals surface area contributed by atoms with Crippen LogP contribution in [-0.4, -0.2) is 22.4 Å². The van der Waals surface area contributed by atoms with Gasteiger partial charge in [0.15, 0.2) is 11.6 Å². The minimum Gasteiger partial charge on any atom is -0.494 e. The maximum atomic E-state index is 13.9. The molecule has 114 valence electrons. The number of rotatable bonds is 4. The first-order chi connectivity index (χ1) is 9.80. The Labute approximate surface area is 124 Å². The van der Waals surface area contributed by atoms with Crippen LogP contribution < -0.4 is 10.1 Å². The van der Waals surface area contributed by atoms with Gasteiger partial charge in [-0.1, -0.05) is 0 Å². The molecule has 0 atom stereocenters. The SMILES string of the molecule is COc1ccc(-c2nn(C)cc2CNC(C)(C)C)cc1F. The lowest BCUT2D eigenvalue weighted by atomic mass is 10.1. The minimum atomic E-state index is -0.379. The summed E-state index contributed by atoms with van der Waals surface area (Å²) in [4.78, 5) is 0. The summed E-state index contributed by atoms with van der Waals surface area (Å²) in [5.74, 6) is -0.139. The highest BCUT2D eigenvalue weighted by Gasteiger charge is 2.15. The number of nitrogens with zero attached hydrogens (tertiary/aromatic N) is 2. The molecule has 2 aromatic rings. The van der Waals surface area contributed by atoms with Gasteiger partial charge in [-0.05, 0) is 39.0 Å². The second kappa shape index (κ2) is 5.85. The van der Waals surface area contributed by atoms with Crippen LogP contribution in [-0.2, 0) is 13.6 Å². The lowest BCUT2D eigenvalue weighted by Gasteiger charge is -2.20. The molecule has 0 saturated carbocycles. The summed E-state index contributed by atoms with van der Waals surface area (Å²) in [6.45, 7) is 7.00. The van der Waals surface area contributed by atoms with Gasteiger partial charge in [-0.25, -0.2) is 4.39 Å². The highest BCUT2D eigenvalue weighted by atomic mass is 19.1. The fraction of sp³-hybridized carbons (Fsp3) is 0.438. The molecule has 0 aliphatic rings. The van der Waals surface area contributed by atoms with Gasteiger partial charge in [-0.2, -0.15) is 5.10 Å². The summed E-state index contributed by atoms with van der Waals surface area (Å²) in [6.07, 6.45) is 1.95. The van der Waals surface area contributed by atoms with Crippen LogP contribution in [0.1, 0.15) is 26.3 Å². The predicted molar refractivity (Wildman–Crippen MR) is 81.7 cm³/mol. The van der Waals surface area contributed by atoms with E-state index in [4.69, 9.17) is 4.74 Å². The summed E-state index contributed by atoms with van der Waals surface area (Å²) in [6, 6.07) is 4.91. The van der Waals surface area contributed by atoms with Crippen LogP contribution in [0.25, 0.3) is 11.3 Å². The number of benzene rings is 1. The fourth-order valence-corrected chi connectivity index (χ4v) is 2.08. The molecule has 1 aromatic carbocycles. The molecule has 0 aliphatic heterocycles. The molecule has 0 spiro atoms. The highest BCUT2D eigenvalue weighted by molar-refractivity contribution is 5.63. The van der Waals surface area contributed by atoms with Crippen molar-refractivity contribution in [2.45, 2.75) is 32.9 Å². The van der Waals surface area contributed by atoms with E-state index in [0.29, 0.717) is 6.54 Å². The molecule has 0 amide bonds. The first-order valence-electron chi connectivity index (χ1n) is 6.91. The Morgan fingerprint density at radius 3 is 2.62 bits per heavy atom. The number of hydrogen-bond donors (Lipinski definition) is 1. The summed E-state index contributed by atoms with van der Waals surface area (Å²) < 4.78 is 20.6. The number of halogens is 1. The van der Waals surface area contributed by atoms with Gasteiger partial charge in [0.1, 0.15) is 0 Å². The molecule has 0 radical (unpaired) electrons. The first kappa shape index (κ1) is 15.5. The van der Waals surface area contributed by atoms with Crippen molar-refractivity contribution < 1.29 is 9.13 Å². The van der Waals surface area contributed by atoms with Crippen LogP contribution >= 0.6 is 0 Å². The normalized spacial score (nSPS) is 11.7. The van der Waals surface area contributed by atoms with Crippen molar-refractivity contribution >= 4 is 0 Å². The van der Waals surface area contributed by atoms with E-state index >= 15 is 0 Å². The maximum Gasteiger partial charge on any atom is 0.165 e. The van der Waals surface area contributed by atoms with E-state index in [9.17, 15) is 4.39 Å². The smallest absolute Gasteiger partial charge is 0.165 e. The number of ether oxygens (including phenoxy) is 1. The molecule has 0 fully saturated rings. The van der Waals surface area contributed by atoms with Crippen LogP contribution in [0.15, 0.2) is 24.4 Å². The highest BCUT2D eigenvalue weighted by Crippen LogP contribution is 2.27. The van der Waals surface area contributed by atoms with Crippen molar-refractivity contribution in [3.63, 3.8) is 0 Å². The number of nitrogens with one attached hydrogen (secondary N) is 1. The molecule has 0 saturated heterocycles. The van der Waals surface area contributed by atoms with E-state index in [1.807, 2.05) is 19.3 Å². The molecule has 2 rings (SSSR count). The van der Waals surface area contributed by atoms with E-state index in [1.54, 1.807) is 10.7 Å². The molecular formula is C16H22FN3O. The average molecular weight is 291 g/mol. The van der Waals surface area contributed by atoms with Crippen molar-refractivity contribution in [2.24, 2.45) is 7.05 Å². The Morgan fingerprint density at radius 2 is 2.05 bits per heavy atom. The Balaban J connectivity index is 2.33. The average Bonchev–Trinajstić information content (AvgIpc) is 2.77. The Bertz CT molecular complexity index is 629. The standard InChI is InChI=1S/C16H22FN3O/c1-16(2,3)18-9-12-10-20(4)19-15(12)11-6-7-14(21-5)13(17)8-11/h6-8,10,18H,9H2,1-5H3. The molecular weight excluding hydrogens is 269 g/mol. The zero-order valence-electron chi connectivity index (χ0n) is 13.2. The Morgan fingerprint density at radius 1 is 1.33 bits per heavy atom. The van der Waals surface area contributed by atoms with E-state index < -0.39 is 0 Å². The number of aromatic nitrogens is 2. The largest absolute Gasteiger partial charge is 0.494 e. The molecule has 4 nitrogen and oxygen atoms in total. The van der Waals surface area contributed by atoms with Crippen LogP contribution in [0.5, 0.6) is 5.75 Å². The Hall–Kier alpha value is -1.88. The molecule has 21 heavy (non-hydrogen) atoms. The number of hydrogen-bond acceptors (Lipinski definition) is 3. The van der Waals surface area contributed by atoms with Crippen LogP contribution in [0.2, 0.25) is 0 Å². The second-order valence-electron chi connectivity index (χ2n) is 6.13. The second-order valence-corrected chi connectivity index (χ2v) is 6.13. The van der Waals surface area contributed by atoms with E-state index in [2.05, 4.69) is 31.2 Å². The van der Waals surface area contributed by atoms with Crippen LogP contribution in [0, 0.1) is 5.82 Å². The summed E-state index contributed by atoms with van der Waals surface area (Å²) in [7, 11) is 3.32. The number of methoxy groups -OCH3 is 1. The van der Waals surface area contributed by atoms with Crippen LogP contribution in [0.4, 0.5) is 4.39 Å². The van der Waals surface area contributed by atoms with E-state index in [0.717, 1.165) is 16.8 Å². The van der Waals surface area contributed by atoms with Crippen molar-refractivity contribution in [3.8, 4) is 17.0 Å². The van der Waals surface area contributed by atoms with Gasteiger partial charge in [-0.15, -0.1) is 0 Å². The zero-order chi connectivity index (χ0) is 15.6. The van der Waals surface area contributed by atoms with Gasteiger partial charge in [0.05, 0.1) is 12.8 Å². The monoisotopic (exact) mass is 291 g/mol. The Kier molecular flexibility index (Phi) is 4.32. The third-order valence-electron chi connectivity index (χ3n) is 3.14. The van der Waals surface area contributed by atoms with Gasteiger partial charge in [0.2, 0.25) is 0 Å². The van der Waals surface area contributed by atoms with Gasteiger partial charge in [-0.3, -0.25) is 4.68 Å². The lowest BCUT2D eigenvalue weighted by molar-refractivity contribution is 0.386. The van der Waals surface area contributed by atoms with Crippen LogP contribution in [0.3, 0.4) is 0 Å². The zero-order valence-corrected chi connectivity index (χ0v) is 13.2. The fourth-order valence-electron chi connectivity index (χ4n) is 2.08. The minimum absolute atomic E-state index is 0.0122. The van der Waals surface area contributed by atoms with Gasteiger partial charge >= 0.3 is 0 Å². The molecule has 0 bridgehead atoms. The molecule has 0 aliphatic carbocycles. The first-order valence-corrected chi connectivity index (χ1v) is 6.91. The molecule has 1 N–H and O–H groups in total. The molecule has 1 aromatic heterocycles. The lowest BCUT2D eigenvalue weighted by Crippen LogP contribution is -2.35.